The van der Waals surface area contributed by atoms with Gasteiger partial charge in [-0.25, -0.2) is 0 Å². The lowest BCUT2D eigenvalue weighted by Crippen LogP contribution is -2.15. The summed E-state index contributed by atoms with van der Waals surface area (Å²) in [4.78, 5) is 26.0. The molecule has 0 unspecified atom stereocenters. The monoisotopic (exact) mass is 528 g/mol. The highest BCUT2D eigenvalue weighted by Crippen LogP contribution is 2.56. The van der Waals surface area contributed by atoms with Gasteiger partial charge in [-0.2, -0.15) is 0 Å². The van der Waals surface area contributed by atoms with Crippen molar-refractivity contribution in [2.75, 3.05) is 0 Å². The molecule has 0 fully saturated rings. The Bertz CT molecular complexity index is 1460. The third kappa shape index (κ3) is 6.30. The van der Waals surface area contributed by atoms with Crippen molar-refractivity contribution in [3.8, 4) is 56.8 Å². The van der Waals surface area contributed by atoms with Gasteiger partial charge in [-0.3, -0.25) is 9.59 Å². The number of phenolic OH excluding ortho intramolecular Hbond substituents is 4. The average Bonchev–Trinajstić information content (AvgIpc) is 2.92. The van der Waals surface area contributed by atoms with Gasteiger partial charge >= 0.3 is 11.9 Å². The summed E-state index contributed by atoms with van der Waals surface area (Å²) in [5.41, 5.74) is 1.05. The highest BCUT2D eigenvalue weighted by molar-refractivity contribution is 5.96. The lowest BCUT2D eigenvalue weighted by molar-refractivity contribution is -0.136. The normalized spacial score (nSPS) is 10.7. The van der Waals surface area contributed by atoms with Gasteiger partial charge in [-0.1, -0.05) is 67.9 Å². The van der Waals surface area contributed by atoms with Crippen molar-refractivity contribution in [3.05, 3.63) is 84.4 Å². The molecule has 0 radical (unpaired) electrons. The number of hydrogen-bond donors (Lipinski definition) is 4. The van der Waals surface area contributed by atoms with Gasteiger partial charge in [0.15, 0.2) is 23.0 Å². The number of esters is 2. The lowest BCUT2D eigenvalue weighted by atomic mass is 9.95. The van der Waals surface area contributed by atoms with Crippen molar-refractivity contribution in [1.29, 1.82) is 0 Å². The Labute approximate surface area is 225 Å². The molecule has 0 spiro atoms. The molecule has 0 heterocycles. The molecular formula is C31H28O8. The van der Waals surface area contributed by atoms with Crippen LogP contribution in [0.4, 0.5) is 0 Å². The summed E-state index contributed by atoms with van der Waals surface area (Å²) in [5.74, 6) is -3.19. The number of aromatic hydroxyl groups is 4. The molecular weight excluding hydrogens is 500 g/mol. The molecule has 0 aromatic heterocycles. The van der Waals surface area contributed by atoms with Gasteiger partial charge < -0.3 is 29.9 Å². The molecule has 8 nitrogen and oxygen atoms in total. The van der Waals surface area contributed by atoms with Crippen LogP contribution in [0.25, 0.3) is 22.3 Å². The fraction of sp³-hybridized carbons (Fsp3) is 0.161. The number of phenols is 4. The second-order valence-electron chi connectivity index (χ2n) is 8.91. The van der Waals surface area contributed by atoms with Crippen molar-refractivity contribution in [3.63, 3.8) is 0 Å². The third-order valence-electron chi connectivity index (χ3n) is 6.03. The number of hydrogen-bond acceptors (Lipinski definition) is 8. The molecule has 0 bridgehead atoms. The summed E-state index contributed by atoms with van der Waals surface area (Å²) in [5, 5.41) is 42.0. The van der Waals surface area contributed by atoms with Gasteiger partial charge in [0.2, 0.25) is 0 Å². The largest absolute Gasteiger partial charge is 0.508 e. The molecule has 4 aromatic rings. The molecule has 8 heteroatoms. The highest BCUT2D eigenvalue weighted by Gasteiger charge is 2.31. The van der Waals surface area contributed by atoms with E-state index in [1.54, 1.807) is 24.3 Å². The minimum Gasteiger partial charge on any atom is -0.508 e. The second-order valence-corrected chi connectivity index (χ2v) is 8.91. The Morgan fingerprint density at radius 2 is 1.10 bits per heavy atom. The molecule has 200 valence electrons. The number of carbonyl (C=O) groups is 2. The number of rotatable bonds is 9. The third-order valence-corrected chi connectivity index (χ3v) is 6.03. The van der Waals surface area contributed by atoms with Crippen LogP contribution in [0.5, 0.6) is 34.5 Å². The average molecular weight is 529 g/mol. The standard InChI is InChI=1S/C31H28O8/c1-2-3-9-24(34)38-30-26(20-10-14-22(32)15-11-20)28(36)29(37)27(21-12-16-23(33)17-13-21)31(30)39-25(35)18-19-7-5-4-6-8-19/h4-8,10-17,32-33,36-37H,2-3,9,18H2,1H3. The van der Waals surface area contributed by atoms with Crippen molar-refractivity contribution in [1.82, 2.24) is 0 Å². The van der Waals surface area contributed by atoms with E-state index in [1.807, 2.05) is 13.0 Å². The number of ether oxygens (including phenoxy) is 2. The number of benzene rings is 4. The number of carbonyl (C=O) groups excluding carboxylic acids is 2. The van der Waals surface area contributed by atoms with E-state index in [0.29, 0.717) is 12.0 Å². The molecule has 0 atom stereocenters. The molecule has 4 rings (SSSR count). The van der Waals surface area contributed by atoms with Crippen LogP contribution >= 0.6 is 0 Å². The summed E-state index contributed by atoms with van der Waals surface area (Å²) >= 11 is 0. The van der Waals surface area contributed by atoms with Crippen LogP contribution in [-0.2, 0) is 16.0 Å². The minimum absolute atomic E-state index is 0.0424. The lowest BCUT2D eigenvalue weighted by Gasteiger charge is -2.21. The predicted octanol–water partition coefficient (Wildman–Crippen LogP) is 6.09. The molecule has 0 amide bonds. The summed E-state index contributed by atoms with van der Waals surface area (Å²) in [7, 11) is 0. The Balaban J connectivity index is 1.95. The molecule has 0 saturated heterocycles. The van der Waals surface area contributed by atoms with Crippen molar-refractivity contribution >= 4 is 11.9 Å². The van der Waals surface area contributed by atoms with E-state index in [-0.39, 0.29) is 58.1 Å². The summed E-state index contributed by atoms with van der Waals surface area (Å²) in [6, 6.07) is 20.2. The second kappa shape index (κ2) is 12.0. The molecule has 0 aliphatic carbocycles. The Morgan fingerprint density at radius 1 is 0.641 bits per heavy atom. The van der Waals surface area contributed by atoms with Crippen LogP contribution in [-0.4, -0.2) is 32.4 Å². The van der Waals surface area contributed by atoms with Gasteiger partial charge in [0.25, 0.3) is 0 Å². The molecule has 0 aliphatic rings. The number of unbranched alkanes of at least 4 members (excludes halogenated alkanes) is 1. The summed E-state index contributed by atoms with van der Waals surface area (Å²) in [6.45, 7) is 1.92. The fourth-order valence-corrected chi connectivity index (χ4v) is 4.06. The highest BCUT2D eigenvalue weighted by atomic mass is 16.6. The topological polar surface area (TPSA) is 134 Å². The van der Waals surface area contributed by atoms with Gasteiger partial charge in [-0.05, 0) is 47.4 Å². The first-order valence-electron chi connectivity index (χ1n) is 12.4. The molecule has 0 aliphatic heterocycles. The maximum Gasteiger partial charge on any atom is 0.315 e. The molecule has 4 aromatic carbocycles. The summed E-state index contributed by atoms with van der Waals surface area (Å²) < 4.78 is 11.5. The maximum atomic E-state index is 13.1. The zero-order valence-electron chi connectivity index (χ0n) is 21.3. The van der Waals surface area contributed by atoms with Crippen molar-refractivity contribution in [2.24, 2.45) is 0 Å². The zero-order valence-corrected chi connectivity index (χ0v) is 21.3. The first kappa shape index (κ1) is 27.1. The van der Waals surface area contributed by atoms with E-state index < -0.39 is 23.4 Å². The van der Waals surface area contributed by atoms with E-state index >= 15 is 0 Å². The molecule has 0 saturated carbocycles. The summed E-state index contributed by atoms with van der Waals surface area (Å²) in [6.07, 6.45) is 1.23. The van der Waals surface area contributed by atoms with E-state index in [9.17, 15) is 30.0 Å². The van der Waals surface area contributed by atoms with Crippen LogP contribution in [0.1, 0.15) is 31.7 Å². The van der Waals surface area contributed by atoms with Gasteiger partial charge in [0.1, 0.15) is 11.5 Å². The Morgan fingerprint density at radius 3 is 1.56 bits per heavy atom. The SMILES string of the molecule is CCCCC(=O)Oc1c(OC(=O)Cc2ccccc2)c(-c2ccc(O)cc2)c(O)c(O)c1-c1ccc(O)cc1. The Kier molecular flexibility index (Phi) is 8.36. The first-order valence-corrected chi connectivity index (χ1v) is 12.4. The van der Waals surface area contributed by atoms with Gasteiger partial charge in [0.05, 0.1) is 17.5 Å². The van der Waals surface area contributed by atoms with Gasteiger partial charge in [-0.15, -0.1) is 0 Å². The van der Waals surface area contributed by atoms with Crippen LogP contribution < -0.4 is 9.47 Å². The van der Waals surface area contributed by atoms with Crippen LogP contribution in [0.15, 0.2) is 78.9 Å². The van der Waals surface area contributed by atoms with Crippen molar-refractivity contribution < 1.29 is 39.5 Å². The van der Waals surface area contributed by atoms with Crippen LogP contribution in [0.3, 0.4) is 0 Å². The van der Waals surface area contributed by atoms with Gasteiger partial charge in [0, 0.05) is 6.42 Å². The quantitative estimate of drug-likeness (QED) is 0.117. The van der Waals surface area contributed by atoms with Crippen molar-refractivity contribution in [2.45, 2.75) is 32.6 Å². The molecule has 4 N–H and O–H groups in total. The smallest absolute Gasteiger partial charge is 0.315 e. The zero-order chi connectivity index (χ0) is 27.9. The molecule has 39 heavy (non-hydrogen) atoms. The minimum atomic E-state index is -0.700. The fourth-order valence-electron chi connectivity index (χ4n) is 4.06. The maximum absolute atomic E-state index is 13.1. The van der Waals surface area contributed by atoms with Crippen LogP contribution in [0.2, 0.25) is 0 Å². The van der Waals surface area contributed by atoms with E-state index in [1.165, 1.54) is 48.5 Å². The van der Waals surface area contributed by atoms with E-state index in [2.05, 4.69) is 0 Å². The predicted molar refractivity (Wildman–Crippen MR) is 145 cm³/mol. The Hall–Kier alpha value is -4.98. The van der Waals surface area contributed by atoms with E-state index in [0.717, 1.165) is 6.42 Å². The van der Waals surface area contributed by atoms with Crippen LogP contribution in [0, 0.1) is 0 Å². The first-order chi connectivity index (χ1) is 18.8. The van der Waals surface area contributed by atoms with E-state index in [4.69, 9.17) is 9.47 Å².